The molecule has 0 spiro atoms. The first-order valence-electron chi connectivity index (χ1n) is 8.11. The molecule has 5 heteroatoms. The molecule has 5 nitrogen and oxygen atoms in total. The molecule has 1 aromatic carbocycles. The highest BCUT2D eigenvalue weighted by Gasteiger charge is 2.21. The van der Waals surface area contributed by atoms with E-state index in [1.54, 1.807) is 6.92 Å². The lowest BCUT2D eigenvalue weighted by Crippen LogP contribution is -2.48. The lowest BCUT2D eigenvalue weighted by Gasteiger charge is -2.36. The summed E-state index contributed by atoms with van der Waals surface area (Å²) in [5, 5.41) is 3.54. The molecule has 2 aliphatic rings. The van der Waals surface area contributed by atoms with Gasteiger partial charge < -0.3 is 19.9 Å². The van der Waals surface area contributed by atoms with Crippen LogP contribution in [0.25, 0.3) is 0 Å². The Bertz CT molecular complexity index is 508. The Morgan fingerprint density at radius 1 is 1.23 bits per heavy atom. The van der Waals surface area contributed by atoms with Gasteiger partial charge in [-0.2, -0.15) is 0 Å². The Labute approximate surface area is 132 Å². The van der Waals surface area contributed by atoms with E-state index >= 15 is 0 Å². The van der Waals surface area contributed by atoms with E-state index in [1.165, 1.54) is 11.3 Å². The van der Waals surface area contributed by atoms with Crippen LogP contribution in [0.15, 0.2) is 24.3 Å². The van der Waals surface area contributed by atoms with Crippen LogP contribution in [0.5, 0.6) is 0 Å². The molecule has 1 N–H and O–H groups in total. The molecule has 2 aliphatic heterocycles. The van der Waals surface area contributed by atoms with E-state index in [9.17, 15) is 4.79 Å². The van der Waals surface area contributed by atoms with Crippen molar-refractivity contribution in [2.24, 2.45) is 5.92 Å². The molecule has 120 valence electrons. The van der Waals surface area contributed by atoms with Crippen molar-refractivity contribution in [1.29, 1.82) is 0 Å². The minimum absolute atomic E-state index is 0.178. The summed E-state index contributed by atoms with van der Waals surface area (Å²) in [6.07, 6.45) is 0. The van der Waals surface area contributed by atoms with Crippen molar-refractivity contribution in [2.45, 2.75) is 13.5 Å². The van der Waals surface area contributed by atoms with Crippen LogP contribution in [-0.4, -0.2) is 56.7 Å². The Kier molecular flexibility index (Phi) is 4.95. The van der Waals surface area contributed by atoms with Crippen molar-refractivity contribution in [3.8, 4) is 0 Å². The third-order valence-electron chi connectivity index (χ3n) is 4.51. The molecule has 22 heavy (non-hydrogen) atoms. The van der Waals surface area contributed by atoms with Crippen molar-refractivity contribution in [1.82, 2.24) is 10.2 Å². The SMILES string of the molecule is CC(=O)N1CCN(c2ccccc2CNCC2COC2)CC1. The summed E-state index contributed by atoms with van der Waals surface area (Å²) in [4.78, 5) is 15.8. The van der Waals surface area contributed by atoms with E-state index in [1.807, 2.05) is 4.90 Å². The van der Waals surface area contributed by atoms with Gasteiger partial charge in [-0.3, -0.25) is 4.79 Å². The first-order valence-corrected chi connectivity index (χ1v) is 8.11. The average Bonchev–Trinajstić information content (AvgIpc) is 2.50. The molecule has 3 rings (SSSR count). The molecule has 1 aromatic rings. The lowest BCUT2D eigenvalue weighted by atomic mass is 10.1. The molecule has 2 saturated heterocycles. The molecule has 2 fully saturated rings. The fraction of sp³-hybridized carbons (Fsp3) is 0.588. The van der Waals surface area contributed by atoms with Crippen LogP contribution in [0.4, 0.5) is 5.69 Å². The predicted molar refractivity (Wildman–Crippen MR) is 86.9 cm³/mol. The molecular weight excluding hydrogens is 278 g/mol. The highest BCUT2D eigenvalue weighted by atomic mass is 16.5. The number of nitrogens with one attached hydrogen (secondary N) is 1. The number of nitrogens with zero attached hydrogens (tertiary/aromatic N) is 2. The molecule has 0 aliphatic carbocycles. The van der Waals surface area contributed by atoms with E-state index in [0.717, 1.165) is 52.5 Å². The van der Waals surface area contributed by atoms with Gasteiger partial charge in [0.25, 0.3) is 0 Å². The number of para-hydroxylation sites is 1. The van der Waals surface area contributed by atoms with Gasteiger partial charge in [0.2, 0.25) is 5.91 Å². The summed E-state index contributed by atoms with van der Waals surface area (Å²) in [5.41, 5.74) is 2.63. The van der Waals surface area contributed by atoms with E-state index in [-0.39, 0.29) is 5.91 Å². The third kappa shape index (κ3) is 3.59. The minimum Gasteiger partial charge on any atom is -0.381 e. The molecule has 1 amide bonds. The summed E-state index contributed by atoms with van der Waals surface area (Å²) in [6.45, 7) is 8.79. The van der Waals surface area contributed by atoms with E-state index in [4.69, 9.17) is 4.74 Å². The van der Waals surface area contributed by atoms with Crippen LogP contribution in [0.2, 0.25) is 0 Å². The molecule has 0 bridgehead atoms. The number of carbonyl (C=O) groups is 1. The number of hydrogen-bond donors (Lipinski definition) is 1. The van der Waals surface area contributed by atoms with Crippen molar-refractivity contribution < 1.29 is 9.53 Å². The van der Waals surface area contributed by atoms with Crippen LogP contribution in [0.3, 0.4) is 0 Å². The average molecular weight is 303 g/mol. The number of ether oxygens (including phenoxy) is 1. The number of piperazine rings is 1. The maximum atomic E-state index is 11.4. The number of carbonyl (C=O) groups excluding carboxylic acids is 1. The third-order valence-corrected chi connectivity index (χ3v) is 4.51. The largest absolute Gasteiger partial charge is 0.381 e. The van der Waals surface area contributed by atoms with Crippen molar-refractivity contribution in [3.63, 3.8) is 0 Å². The second kappa shape index (κ2) is 7.11. The second-order valence-electron chi connectivity index (χ2n) is 6.16. The van der Waals surface area contributed by atoms with Crippen molar-refractivity contribution in [2.75, 3.05) is 50.8 Å². The zero-order chi connectivity index (χ0) is 15.4. The zero-order valence-electron chi connectivity index (χ0n) is 13.3. The van der Waals surface area contributed by atoms with Gasteiger partial charge in [-0.1, -0.05) is 18.2 Å². The Morgan fingerprint density at radius 3 is 2.59 bits per heavy atom. The van der Waals surface area contributed by atoms with Crippen molar-refractivity contribution in [3.05, 3.63) is 29.8 Å². The number of rotatable bonds is 5. The summed E-state index contributed by atoms with van der Waals surface area (Å²) in [6, 6.07) is 8.57. The maximum absolute atomic E-state index is 11.4. The lowest BCUT2D eigenvalue weighted by molar-refractivity contribution is -0.129. The molecular formula is C17H25N3O2. The van der Waals surface area contributed by atoms with E-state index in [0.29, 0.717) is 5.92 Å². The van der Waals surface area contributed by atoms with Gasteiger partial charge in [-0.15, -0.1) is 0 Å². The second-order valence-corrected chi connectivity index (χ2v) is 6.16. The number of anilines is 1. The normalized spacial score (nSPS) is 19.1. The monoisotopic (exact) mass is 303 g/mol. The smallest absolute Gasteiger partial charge is 0.219 e. The predicted octanol–water partition coefficient (Wildman–Crippen LogP) is 1.09. The van der Waals surface area contributed by atoms with Crippen LogP contribution in [0, 0.1) is 5.92 Å². The fourth-order valence-corrected chi connectivity index (χ4v) is 3.04. The first-order chi connectivity index (χ1) is 10.7. The topological polar surface area (TPSA) is 44.8 Å². The Morgan fingerprint density at radius 2 is 1.95 bits per heavy atom. The van der Waals surface area contributed by atoms with Gasteiger partial charge in [0.05, 0.1) is 13.2 Å². The first kappa shape index (κ1) is 15.3. The molecule has 0 unspecified atom stereocenters. The van der Waals surface area contributed by atoms with E-state index < -0.39 is 0 Å². The van der Waals surface area contributed by atoms with E-state index in [2.05, 4.69) is 34.5 Å². The van der Waals surface area contributed by atoms with Gasteiger partial charge in [0.1, 0.15) is 0 Å². The van der Waals surface area contributed by atoms with Crippen LogP contribution in [-0.2, 0) is 16.1 Å². The Balaban J connectivity index is 1.57. The summed E-state index contributed by atoms with van der Waals surface area (Å²) in [7, 11) is 0. The van der Waals surface area contributed by atoms with Gasteiger partial charge >= 0.3 is 0 Å². The van der Waals surface area contributed by atoms with Crippen LogP contribution < -0.4 is 10.2 Å². The molecule has 2 heterocycles. The zero-order valence-corrected chi connectivity index (χ0v) is 13.3. The highest BCUT2D eigenvalue weighted by molar-refractivity contribution is 5.73. The fourth-order valence-electron chi connectivity index (χ4n) is 3.04. The highest BCUT2D eigenvalue weighted by Crippen LogP contribution is 2.22. The van der Waals surface area contributed by atoms with Gasteiger partial charge in [0, 0.05) is 57.8 Å². The Hall–Kier alpha value is -1.59. The summed E-state index contributed by atoms with van der Waals surface area (Å²) >= 11 is 0. The quantitative estimate of drug-likeness (QED) is 0.884. The van der Waals surface area contributed by atoms with Crippen LogP contribution >= 0.6 is 0 Å². The molecule has 0 aromatic heterocycles. The van der Waals surface area contributed by atoms with Gasteiger partial charge in [-0.05, 0) is 11.6 Å². The number of hydrogen-bond acceptors (Lipinski definition) is 4. The summed E-state index contributed by atoms with van der Waals surface area (Å²) < 4.78 is 5.21. The number of benzene rings is 1. The molecule has 0 saturated carbocycles. The molecule has 0 radical (unpaired) electrons. The van der Waals surface area contributed by atoms with Gasteiger partial charge in [-0.25, -0.2) is 0 Å². The summed E-state index contributed by atoms with van der Waals surface area (Å²) in [5.74, 6) is 0.851. The standard InChI is InChI=1S/C17H25N3O2/c1-14(21)19-6-8-20(9-7-19)17-5-3-2-4-16(17)11-18-10-15-12-22-13-15/h2-5,15,18H,6-13H2,1H3. The van der Waals surface area contributed by atoms with Crippen LogP contribution in [0.1, 0.15) is 12.5 Å². The number of amides is 1. The maximum Gasteiger partial charge on any atom is 0.219 e. The molecule has 0 atom stereocenters. The van der Waals surface area contributed by atoms with Crippen molar-refractivity contribution >= 4 is 11.6 Å². The minimum atomic E-state index is 0.178. The van der Waals surface area contributed by atoms with Gasteiger partial charge in [0.15, 0.2) is 0 Å².